The van der Waals surface area contributed by atoms with Crippen molar-refractivity contribution in [3.63, 3.8) is 0 Å². The van der Waals surface area contributed by atoms with Gasteiger partial charge < -0.3 is 9.47 Å². The predicted molar refractivity (Wildman–Crippen MR) is 142 cm³/mol. The lowest BCUT2D eigenvalue weighted by molar-refractivity contribution is 0.0526. The second kappa shape index (κ2) is 10.5. The number of anilines is 1. The molecule has 1 aliphatic heterocycles. The van der Waals surface area contributed by atoms with Gasteiger partial charge in [-0.3, -0.25) is 0 Å². The van der Waals surface area contributed by atoms with Gasteiger partial charge in [0.05, 0.1) is 34.9 Å². The summed E-state index contributed by atoms with van der Waals surface area (Å²) in [6, 6.07) is 13.7. The topological polar surface area (TPSA) is 119 Å². The van der Waals surface area contributed by atoms with Crippen LogP contribution in [0.5, 0.6) is 5.75 Å². The van der Waals surface area contributed by atoms with Gasteiger partial charge in [0.1, 0.15) is 10.6 Å². The van der Waals surface area contributed by atoms with E-state index in [4.69, 9.17) is 32.7 Å². The number of sulfonamides is 2. The number of thioether (sulfide) groups is 1. The van der Waals surface area contributed by atoms with Gasteiger partial charge in [-0.1, -0.05) is 23.2 Å². The first-order valence-electron chi connectivity index (χ1n) is 10.5. The summed E-state index contributed by atoms with van der Waals surface area (Å²) in [5.74, 6) is -0.336. The van der Waals surface area contributed by atoms with Crippen LogP contribution < -0.4 is 9.04 Å². The van der Waals surface area contributed by atoms with Crippen LogP contribution in [0.25, 0.3) is 0 Å². The number of methoxy groups -OCH3 is 1. The number of carbonyl (C=O) groups excluding carboxylic acids is 1. The molecular formula is C23H18Cl2N2O7S3. The first kappa shape index (κ1) is 27.3. The van der Waals surface area contributed by atoms with Crippen LogP contribution in [0, 0.1) is 0 Å². The van der Waals surface area contributed by atoms with Gasteiger partial charge in [-0.05, 0) is 79.3 Å². The Morgan fingerprint density at radius 1 is 1.05 bits per heavy atom. The maximum Gasteiger partial charge on any atom is 0.339 e. The van der Waals surface area contributed by atoms with Gasteiger partial charge in [-0.2, -0.15) is 8.42 Å². The number of ether oxygens (including phenoxy) is 2. The van der Waals surface area contributed by atoms with Gasteiger partial charge in [0.25, 0.3) is 20.0 Å². The quantitative estimate of drug-likeness (QED) is 0.353. The number of amidine groups is 1. The molecule has 9 nitrogen and oxygen atoms in total. The number of halogens is 2. The maximum absolute atomic E-state index is 13.8. The minimum Gasteiger partial charge on any atom is -0.497 e. The van der Waals surface area contributed by atoms with Crippen molar-refractivity contribution in [2.24, 2.45) is 4.40 Å². The highest BCUT2D eigenvalue weighted by Gasteiger charge is 2.37. The van der Waals surface area contributed by atoms with Crippen molar-refractivity contribution in [3.8, 4) is 5.75 Å². The number of hydrogen-bond donors (Lipinski definition) is 0. The molecule has 37 heavy (non-hydrogen) atoms. The molecule has 0 bridgehead atoms. The molecule has 0 atom stereocenters. The Morgan fingerprint density at radius 3 is 2.30 bits per heavy atom. The number of carbonyl (C=O) groups is 1. The molecule has 0 unspecified atom stereocenters. The summed E-state index contributed by atoms with van der Waals surface area (Å²) < 4.78 is 68.7. The monoisotopic (exact) mass is 600 g/mol. The van der Waals surface area contributed by atoms with Crippen LogP contribution in [0.3, 0.4) is 0 Å². The molecular weight excluding hydrogens is 583 g/mol. The Hall–Kier alpha value is -2.77. The molecule has 0 fully saturated rings. The summed E-state index contributed by atoms with van der Waals surface area (Å²) in [5, 5.41) is -0.104. The molecule has 0 spiro atoms. The van der Waals surface area contributed by atoms with Gasteiger partial charge in [0.2, 0.25) is 0 Å². The molecule has 0 saturated carbocycles. The Balaban J connectivity index is 1.89. The number of hydrogen-bond acceptors (Lipinski definition) is 8. The van der Waals surface area contributed by atoms with E-state index in [1.165, 1.54) is 61.7 Å². The number of esters is 1. The molecule has 0 amide bonds. The fourth-order valence-corrected chi connectivity index (χ4v) is 8.11. The second-order valence-electron chi connectivity index (χ2n) is 7.37. The highest BCUT2D eigenvalue weighted by atomic mass is 35.5. The van der Waals surface area contributed by atoms with E-state index in [0.29, 0.717) is 10.8 Å². The van der Waals surface area contributed by atoms with Crippen molar-refractivity contribution in [2.75, 3.05) is 18.0 Å². The summed E-state index contributed by atoms with van der Waals surface area (Å²) in [4.78, 5) is 11.9. The summed E-state index contributed by atoms with van der Waals surface area (Å²) in [6.45, 7) is 1.66. The van der Waals surface area contributed by atoms with Crippen LogP contribution in [0.4, 0.5) is 5.69 Å². The van der Waals surface area contributed by atoms with Crippen molar-refractivity contribution in [1.29, 1.82) is 0 Å². The maximum atomic E-state index is 13.8. The van der Waals surface area contributed by atoms with Crippen molar-refractivity contribution in [2.45, 2.75) is 21.6 Å². The van der Waals surface area contributed by atoms with Crippen LogP contribution in [0.15, 0.2) is 79.7 Å². The molecule has 3 aromatic carbocycles. The molecule has 1 aliphatic rings. The average molecular weight is 602 g/mol. The predicted octanol–water partition coefficient (Wildman–Crippen LogP) is 5.22. The average Bonchev–Trinajstić information content (AvgIpc) is 2.84. The van der Waals surface area contributed by atoms with Crippen LogP contribution in [0.2, 0.25) is 10.0 Å². The van der Waals surface area contributed by atoms with E-state index in [-0.39, 0.29) is 42.7 Å². The van der Waals surface area contributed by atoms with Crippen molar-refractivity contribution in [3.05, 3.63) is 76.3 Å². The highest BCUT2D eigenvalue weighted by molar-refractivity contribution is 8.17. The third-order valence-electron chi connectivity index (χ3n) is 5.04. The van der Waals surface area contributed by atoms with Crippen molar-refractivity contribution >= 4 is 71.8 Å². The zero-order valence-electron chi connectivity index (χ0n) is 19.2. The van der Waals surface area contributed by atoms with Crippen LogP contribution in [0.1, 0.15) is 17.3 Å². The molecule has 0 aromatic heterocycles. The van der Waals surface area contributed by atoms with Gasteiger partial charge in [0.15, 0.2) is 5.17 Å². The third-order valence-corrected chi connectivity index (χ3v) is 10.0. The molecule has 14 heteroatoms. The van der Waals surface area contributed by atoms with Crippen LogP contribution >= 0.6 is 35.0 Å². The second-order valence-corrected chi connectivity index (χ2v) is 12.6. The molecule has 4 rings (SSSR count). The minimum absolute atomic E-state index is 0.0577. The van der Waals surface area contributed by atoms with E-state index in [2.05, 4.69) is 4.40 Å². The largest absolute Gasteiger partial charge is 0.497 e. The van der Waals surface area contributed by atoms with Gasteiger partial charge in [-0.25, -0.2) is 17.5 Å². The minimum atomic E-state index is -4.45. The fraction of sp³-hybridized carbons (Fsp3) is 0.130. The lowest BCUT2D eigenvalue weighted by atomic mass is 10.2. The van der Waals surface area contributed by atoms with E-state index >= 15 is 0 Å². The molecule has 3 aromatic rings. The van der Waals surface area contributed by atoms with Crippen molar-refractivity contribution < 1.29 is 31.1 Å². The van der Waals surface area contributed by atoms with Gasteiger partial charge in [-0.15, -0.1) is 4.40 Å². The van der Waals surface area contributed by atoms with Gasteiger partial charge >= 0.3 is 5.97 Å². The first-order valence-corrected chi connectivity index (χ1v) is 14.9. The number of fused-ring (bicyclic) bond motifs is 1. The number of benzene rings is 3. The summed E-state index contributed by atoms with van der Waals surface area (Å²) in [6.07, 6.45) is 0. The molecule has 0 saturated heterocycles. The molecule has 0 aliphatic carbocycles. The molecule has 0 radical (unpaired) electrons. The lowest BCUT2D eigenvalue weighted by Crippen LogP contribution is -2.37. The molecule has 1 heterocycles. The Kier molecular flexibility index (Phi) is 7.77. The normalized spacial score (nSPS) is 14.3. The SMILES string of the molecule is CCOC(=O)c1cc2c(cc1Cl)SC(N(c1ccc(OC)cc1)S(=O)(=O)c1ccc(Cl)cc1)=NS2(=O)=O. The smallest absolute Gasteiger partial charge is 0.339 e. The molecule has 194 valence electrons. The summed E-state index contributed by atoms with van der Waals surface area (Å²) in [5.41, 5.74) is -0.0409. The van der Waals surface area contributed by atoms with Gasteiger partial charge in [0, 0.05) is 9.92 Å². The molecule has 0 N–H and O–H groups in total. The lowest BCUT2D eigenvalue weighted by Gasteiger charge is -2.27. The Labute approximate surface area is 228 Å². The Bertz CT molecular complexity index is 1610. The van der Waals surface area contributed by atoms with E-state index in [0.717, 1.165) is 22.1 Å². The number of rotatable bonds is 6. The van der Waals surface area contributed by atoms with E-state index in [1.54, 1.807) is 6.92 Å². The standard InChI is InChI=1S/C23H18Cl2N2O7S3/c1-3-34-22(28)18-12-21-20(13-19(18)25)35-23(26-36(21,29)30)27(15-6-8-16(33-2)9-7-15)37(31,32)17-10-4-14(24)5-11-17/h4-13H,3H2,1-2H3. The van der Waals surface area contributed by atoms with Crippen LogP contribution in [-0.4, -0.2) is 41.7 Å². The number of nitrogens with zero attached hydrogens (tertiary/aromatic N) is 2. The Morgan fingerprint density at radius 2 is 1.70 bits per heavy atom. The van der Waals surface area contributed by atoms with Crippen molar-refractivity contribution in [1.82, 2.24) is 0 Å². The zero-order chi connectivity index (χ0) is 27.0. The van der Waals surface area contributed by atoms with E-state index in [1.807, 2.05) is 0 Å². The zero-order valence-corrected chi connectivity index (χ0v) is 23.2. The highest BCUT2D eigenvalue weighted by Crippen LogP contribution is 2.41. The third kappa shape index (κ3) is 5.43. The summed E-state index contributed by atoms with van der Waals surface area (Å²) in [7, 11) is -7.36. The van der Waals surface area contributed by atoms with E-state index in [9.17, 15) is 21.6 Å². The summed E-state index contributed by atoms with van der Waals surface area (Å²) >= 11 is 13.0. The van der Waals surface area contributed by atoms with Crippen LogP contribution in [-0.2, 0) is 24.8 Å². The fourth-order valence-electron chi connectivity index (χ4n) is 3.31. The first-order chi connectivity index (χ1) is 17.5. The van der Waals surface area contributed by atoms with E-state index < -0.39 is 26.0 Å².